The van der Waals surface area contributed by atoms with Gasteiger partial charge in [0.25, 0.3) is 0 Å². The number of phenols is 2. The van der Waals surface area contributed by atoms with Crippen LogP contribution in [-0.2, 0) is 12.8 Å². The van der Waals surface area contributed by atoms with E-state index >= 15 is 0 Å². The molecule has 2 aromatic rings. The van der Waals surface area contributed by atoms with Gasteiger partial charge in [-0.15, -0.1) is 0 Å². The molecule has 6 rings (SSSR count). The van der Waals surface area contributed by atoms with Gasteiger partial charge >= 0.3 is 0 Å². The van der Waals surface area contributed by atoms with Crippen LogP contribution in [0.5, 0.6) is 28.7 Å². The van der Waals surface area contributed by atoms with E-state index in [-0.39, 0.29) is 49.0 Å². The van der Waals surface area contributed by atoms with E-state index in [1.165, 1.54) is 0 Å². The van der Waals surface area contributed by atoms with E-state index in [1.807, 2.05) is 20.9 Å². The molecule has 2 unspecified atom stereocenters. The van der Waals surface area contributed by atoms with Gasteiger partial charge in [-0.25, -0.2) is 0 Å². The molecule has 0 amide bonds. The average molecular weight is 479 g/mol. The molecule has 9 nitrogen and oxygen atoms in total. The quantitative estimate of drug-likeness (QED) is 0.596. The van der Waals surface area contributed by atoms with Crippen LogP contribution in [0.2, 0.25) is 0 Å². The van der Waals surface area contributed by atoms with Gasteiger partial charge in [-0.05, 0) is 44.9 Å². The Morgan fingerprint density at radius 3 is 2.57 bits per heavy atom. The van der Waals surface area contributed by atoms with Crippen LogP contribution in [0.1, 0.15) is 45.5 Å². The maximum atomic E-state index is 11.4. The SMILES string of the molecule is COc1c(C)cc2c(c1O)C1C3Cc4c(O)c(C)c5c(c4[C@H](CN)N3[C@@H](C#N)[C@H](C2)N1C)OCO5. The van der Waals surface area contributed by atoms with E-state index < -0.39 is 6.04 Å². The summed E-state index contributed by atoms with van der Waals surface area (Å²) in [5, 5.41) is 33.0. The highest BCUT2D eigenvalue weighted by Gasteiger charge is 2.56. The molecule has 0 aromatic heterocycles. The molecule has 4 N–H and O–H groups in total. The Balaban J connectivity index is 1.61. The lowest BCUT2D eigenvalue weighted by atomic mass is 9.71. The van der Waals surface area contributed by atoms with E-state index in [0.717, 1.165) is 27.8 Å². The zero-order valence-corrected chi connectivity index (χ0v) is 20.3. The monoisotopic (exact) mass is 478 g/mol. The first-order chi connectivity index (χ1) is 16.8. The molecule has 0 radical (unpaired) electrons. The number of hydrogen-bond acceptors (Lipinski definition) is 9. The van der Waals surface area contributed by atoms with E-state index in [9.17, 15) is 15.5 Å². The maximum absolute atomic E-state index is 11.4. The van der Waals surface area contributed by atoms with E-state index in [0.29, 0.717) is 35.7 Å². The van der Waals surface area contributed by atoms with Crippen molar-refractivity contribution in [2.24, 2.45) is 5.73 Å². The minimum Gasteiger partial charge on any atom is -0.507 e. The van der Waals surface area contributed by atoms with E-state index in [2.05, 4.69) is 21.9 Å². The summed E-state index contributed by atoms with van der Waals surface area (Å²) in [4.78, 5) is 4.41. The summed E-state index contributed by atoms with van der Waals surface area (Å²) >= 11 is 0. The summed E-state index contributed by atoms with van der Waals surface area (Å²) in [6.45, 7) is 4.08. The third-order valence-electron chi connectivity index (χ3n) is 8.52. The number of aryl methyl sites for hydroxylation is 1. The van der Waals surface area contributed by atoms with Gasteiger partial charge in [-0.2, -0.15) is 5.26 Å². The molecule has 2 bridgehead atoms. The van der Waals surface area contributed by atoms with Gasteiger partial charge in [0.15, 0.2) is 23.0 Å². The third-order valence-corrected chi connectivity index (χ3v) is 8.52. The van der Waals surface area contributed by atoms with Crippen molar-refractivity contribution in [1.82, 2.24) is 9.80 Å². The molecule has 4 aliphatic heterocycles. The summed E-state index contributed by atoms with van der Waals surface area (Å²) in [7, 11) is 3.58. The predicted molar refractivity (Wildman–Crippen MR) is 127 cm³/mol. The number of aromatic hydroxyl groups is 2. The van der Waals surface area contributed by atoms with Crippen molar-refractivity contribution >= 4 is 0 Å². The average Bonchev–Trinajstić information content (AvgIpc) is 3.32. The van der Waals surface area contributed by atoms with Gasteiger partial charge < -0.3 is 30.2 Å². The highest BCUT2D eigenvalue weighted by molar-refractivity contribution is 5.66. The Labute approximate surface area is 204 Å². The molecule has 9 heteroatoms. The Hall–Kier alpha value is -3.19. The van der Waals surface area contributed by atoms with Crippen molar-refractivity contribution < 1.29 is 24.4 Å². The van der Waals surface area contributed by atoms with Gasteiger partial charge in [0, 0.05) is 40.9 Å². The Morgan fingerprint density at radius 1 is 1.14 bits per heavy atom. The van der Waals surface area contributed by atoms with Crippen LogP contribution in [0.15, 0.2) is 6.07 Å². The van der Waals surface area contributed by atoms with Gasteiger partial charge in [0.2, 0.25) is 6.79 Å². The minimum absolute atomic E-state index is 0.0826. The van der Waals surface area contributed by atoms with Crippen molar-refractivity contribution in [3.63, 3.8) is 0 Å². The molecule has 5 atom stereocenters. The Morgan fingerprint density at radius 2 is 1.89 bits per heavy atom. The summed E-state index contributed by atoms with van der Waals surface area (Å²) in [6.07, 6.45) is 1.10. The lowest BCUT2D eigenvalue weighted by Crippen LogP contribution is -2.68. The molecule has 1 fully saturated rings. The van der Waals surface area contributed by atoms with Crippen molar-refractivity contribution in [3.05, 3.63) is 39.4 Å². The van der Waals surface area contributed by atoms with Gasteiger partial charge in [0.05, 0.1) is 25.3 Å². The molecule has 0 aliphatic carbocycles. The lowest BCUT2D eigenvalue weighted by Gasteiger charge is -2.59. The number of fused-ring (bicyclic) bond motifs is 9. The van der Waals surface area contributed by atoms with Crippen molar-refractivity contribution in [2.45, 2.75) is 56.9 Å². The van der Waals surface area contributed by atoms with Crippen molar-refractivity contribution in [2.75, 3.05) is 27.5 Å². The molecule has 35 heavy (non-hydrogen) atoms. The molecule has 184 valence electrons. The number of hydrogen-bond donors (Lipinski definition) is 3. The van der Waals surface area contributed by atoms with Gasteiger partial charge in [-0.1, -0.05) is 6.07 Å². The first kappa shape index (κ1) is 22.3. The fraction of sp³-hybridized carbons (Fsp3) is 0.500. The molecular weight excluding hydrogens is 448 g/mol. The van der Waals surface area contributed by atoms with Crippen LogP contribution in [0.25, 0.3) is 0 Å². The number of nitriles is 1. The number of rotatable bonds is 2. The first-order valence-corrected chi connectivity index (χ1v) is 12.0. The fourth-order valence-corrected chi connectivity index (χ4v) is 7.07. The van der Waals surface area contributed by atoms with Gasteiger partial charge in [0.1, 0.15) is 11.8 Å². The molecule has 0 saturated carbocycles. The van der Waals surface area contributed by atoms with Crippen LogP contribution in [-0.4, -0.2) is 65.6 Å². The zero-order valence-electron chi connectivity index (χ0n) is 20.3. The van der Waals surface area contributed by atoms with Crippen LogP contribution >= 0.6 is 0 Å². The third kappa shape index (κ3) is 2.73. The smallest absolute Gasteiger partial charge is 0.231 e. The van der Waals surface area contributed by atoms with Gasteiger partial charge in [-0.3, -0.25) is 9.80 Å². The van der Waals surface area contributed by atoms with Crippen LogP contribution < -0.4 is 19.9 Å². The number of phenolic OH excluding ortho intramolecular Hbond substituents is 2. The second-order valence-electron chi connectivity index (χ2n) is 10.0. The largest absolute Gasteiger partial charge is 0.507 e. The second kappa shape index (κ2) is 7.65. The Kier molecular flexibility index (Phi) is 4.87. The van der Waals surface area contributed by atoms with Crippen molar-refractivity contribution in [3.8, 4) is 34.8 Å². The van der Waals surface area contributed by atoms with Crippen molar-refractivity contribution in [1.29, 1.82) is 5.26 Å². The summed E-state index contributed by atoms with van der Waals surface area (Å²) in [5.74, 6) is 1.96. The Bertz CT molecular complexity index is 1290. The zero-order chi connectivity index (χ0) is 24.8. The maximum Gasteiger partial charge on any atom is 0.231 e. The number of nitrogens with zero attached hydrogens (tertiary/aromatic N) is 3. The fourth-order valence-electron chi connectivity index (χ4n) is 7.07. The standard InChI is InChI=1S/C26H30N4O5/c1-11-5-13-6-15-17(8-27)30-16(21(29(15)3)19(13)23(32)24(11)33-4)7-14-20(18(30)9-28)26-25(34-10-35-26)12(2)22(14)31/h5,15-18,21,31-32H,6-7,9-10,28H2,1-4H3/t15-,16?,17-,18-,21?/m0/s1. The van der Waals surface area contributed by atoms with Crippen LogP contribution in [0.3, 0.4) is 0 Å². The minimum atomic E-state index is -0.429. The summed E-state index contributed by atoms with van der Waals surface area (Å²) in [5.41, 5.74) is 11.3. The highest BCUT2D eigenvalue weighted by Crippen LogP contribution is 2.57. The molecule has 4 heterocycles. The number of ether oxygens (including phenoxy) is 3. The van der Waals surface area contributed by atoms with E-state index in [1.54, 1.807) is 7.11 Å². The number of piperazine rings is 1. The first-order valence-electron chi connectivity index (χ1n) is 12.0. The number of likely N-dealkylation sites (N-methyl/N-ethyl adjacent to an activating group) is 1. The lowest BCUT2D eigenvalue weighted by molar-refractivity contribution is -0.0710. The second-order valence-corrected chi connectivity index (χ2v) is 10.0. The highest BCUT2D eigenvalue weighted by atomic mass is 16.7. The van der Waals surface area contributed by atoms with E-state index in [4.69, 9.17) is 19.9 Å². The summed E-state index contributed by atoms with van der Waals surface area (Å²) in [6, 6.07) is 3.37. The summed E-state index contributed by atoms with van der Waals surface area (Å²) < 4.78 is 17.1. The topological polar surface area (TPSA) is 124 Å². The molecule has 2 aromatic carbocycles. The number of nitrogens with two attached hydrogens (primary N) is 1. The molecule has 0 spiro atoms. The van der Waals surface area contributed by atoms with Crippen LogP contribution in [0, 0.1) is 25.2 Å². The predicted octanol–water partition coefficient (Wildman–Crippen LogP) is 2.18. The molecular formula is C26H30N4O5. The number of methoxy groups -OCH3 is 1. The molecule has 1 saturated heterocycles. The van der Waals surface area contributed by atoms with Crippen LogP contribution in [0.4, 0.5) is 0 Å². The molecule has 4 aliphatic rings. The number of benzene rings is 2. The normalized spacial score (nSPS) is 28.6.